The minimum Gasteiger partial charge on any atom is -0.473 e. The number of benzene rings is 2. The van der Waals surface area contributed by atoms with Crippen LogP contribution in [-0.2, 0) is 13.0 Å². The third kappa shape index (κ3) is 8.54. The minimum absolute atomic E-state index is 0.107. The monoisotopic (exact) mass is 484 g/mol. The lowest BCUT2D eigenvalue weighted by atomic mass is 9.99. The van der Waals surface area contributed by atoms with Crippen LogP contribution in [0.15, 0.2) is 91.1 Å². The summed E-state index contributed by atoms with van der Waals surface area (Å²) in [5.74, 6) is 0.631. The van der Waals surface area contributed by atoms with Gasteiger partial charge in [0.2, 0.25) is 5.88 Å². The van der Waals surface area contributed by atoms with Crippen LogP contribution >= 0.6 is 0 Å². The molecule has 188 valence electrons. The van der Waals surface area contributed by atoms with Gasteiger partial charge in [-0.15, -0.1) is 0 Å². The number of carbonyl (C=O) groups is 1. The molecule has 4 rings (SSSR count). The Hall–Kier alpha value is -3.64. The fourth-order valence-corrected chi connectivity index (χ4v) is 4.44. The molecule has 1 atom stereocenters. The molecule has 1 unspecified atom stereocenters. The van der Waals surface area contributed by atoms with Gasteiger partial charge in [-0.2, -0.15) is 0 Å². The van der Waals surface area contributed by atoms with Gasteiger partial charge in [-0.3, -0.25) is 4.90 Å². The van der Waals surface area contributed by atoms with E-state index in [1.54, 1.807) is 0 Å². The lowest BCUT2D eigenvalue weighted by Crippen LogP contribution is -2.38. The van der Waals surface area contributed by atoms with Crippen LogP contribution in [0.2, 0.25) is 0 Å². The molecule has 2 heterocycles. The second-order valence-corrected chi connectivity index (χ2v) is 9.13. The predicted octanol–water partition coefficient (Wildman–Crippen LogP) is 5.29. The lowest BCUT2D eigenvalue weighted by molar-refractivity contribution is 0.220. The molecule has 2 aromatic carbocycles. The van der Waals surface area contributed by atoms with E-state index in [0.29, 0.717) is 19.0 Å². The SMILES string of the molecule is O=C(NC/C=C\COc1cc(CN2CCCCC2)ccn1)NC(Cc1ccccc1)c1ccccc1. The first kappa shape index (κ1) is 25.5. The number of urea groups is 1. The van der Waals surface area contributed by atoms with E-state index in [-0.39, 0.29) is 12.1 Å². The van der Waals surface area contributed by atoms with Crippen molar-refractivity contribution in [1.29, 1.82) is 0 Å². The van der Waals surface area contributed by atoms with Gasteiger partial charge in [0.15, 0.2) is 0 Å². The van der Waals surface area contributed by atoms with E-state index in [1.807, 2.05) is 72.9 Å². The number of piperidine rings is 1. The summed E-state index contributed by atoms with van der Waals surface area (Å²) in [5.41, 5.74) is 3.49. The van der Waals surface area contributed by atoms with Crippen molar-refractivity contribution in [3.63, 3.8) is 0 Å². The Bertz CT molecular complexity index is 1080. The summed E-state index contributed by atoms with van der Waals surface area (Å²) in [6.07, 6.45) is 10.2. The Kier molecular flexibility index (Phi) is 9.93. The largest absolute Gasteiger partial charge is 0.473 e. The topological polar surface area (TPSA) is 66.5 Å². The Labute approximate surface area is 214 Å². The molecule has 6 nitrogen and oxygen atoms in total. The van der Waals surface area contributed by atoms with Crippen LogP contribution in [0.3, 0.4) is 0 Å². The quantitative estimate of drug-likeness (QED) is 0.363. The molecule has 2 N–H and O–H groups in total. The van der Waals surface area contributed by atoms with E-state index in [9.17, 15) is 4.79 Å². The van der Waals surface area contributed by atoms with Gasteiger partial charge in [0, 0.05) is 25.4 Å². The first-order valence-electron chi connectivity index (χ1n) is 12.8. The van der Waals surface area contributed by atoms with Gasteiger partial charge >= 0.3 is 6.03 Å². The number of hydrogen-bond acceptors (Lipinski definition) is 4. The highest BCUT2D eigenvalue weighted by Gasteiger charge is 2.15. The predicted molar refractivity (Wildman–Crippen MR) is 144 cm³/mol. The van der Waals surface area contributed by atoms with Crippen LogP contribution < -0.4 is 15.4 Å². The molecule has 1 aliphatic heterocycles. The summed E-state index contributed by atoms with van der Waals surface area (Å²) in [6, 6.07) is 24.0. The first-order chi connectivity index (χ1) is 17.8. The van der Waals surface area contributed by atoms with Crippen LogP contribution in [0, 0.1) is 0 Å². The number of ether oxygens (including phenoxy) is 1. The van der Waals surface area contributed by atoms with Gasteiger partial charge in [-0.25, -0.2) is 9.78 Å². The zero-order chi connectivity index (χ0) is 24.8. The van der Waals surface area contributed by atoms with Gasteiger partial charge in [0.05, 0.1) is 6.04 Å². The van der Waals surface area contributed by atoms with Crippen LogP contribution in [0.25, 0.3) is 0 Å². The second-order valence-electron chi connectivity index (χ2n) is 9.13. The highest BCUT2D eigenvalue weighted by atomic mass is 16.5. The van der Waals surface area contributed by atoms with Crippen LogP contribution in [0.1, 0.15) is 42.0 Å². The fourth-order valence-electron chi connectivity index (χ4n) is 4.44. The van der Waals surface area contributed by atoms with Crippen molar-refractivity contribution in [3.05, 3.63) is 108 Å². The van der Waals surface area contributed by atoms with Crippen molar-refractivity contribution < 1.29 is 9.53 Å². The van der Waals surface area contributed by atoms with Crippen molar-refractivity contribution in [2.24, 2.45) is 0 Å². The number of hydrogen-bond donors (Lipinski definition) is 2. The number of nitrogens with zero attached hydrogens (tertiary/aromatic N) is 2. The smallest absolute Gasteiger partial charge is 0.315 e. The summed E-state index contributed by atoms with van der Waals surface area (Å²) >= 11 is 0. The first-order valence-corrected chi connectivity index (χ1v) is 12.8. The Balaban J connectivity index is 1.20. The summed E-state index contributed by atoms with van der Waals surface area (Å²) in [6.45, 7) is 4.11. The minimum atomic E-state index is -0.197. The number of amides is 2. The summed E-state index contributed by atoms with van der Waals surface area (Å²) in [7, 11) is 0. The van der Waals surface area contributed by atoms with Crippen LogP contribution in [-0.4, -0.2) is 42.2 Å². The Morgan fingerprint density at radius 2 is 1.69 bits per heavy atom. The van der Waals surface area contributed by atoms with E-state index < -0.39 is 0 Å². The van der Waals surface area contributed by atoms with E-state index in [2.05, 4.69) is 38.7 Å². The average molecular weight is 485 g/mol. The lowest BCUT2D eigenvalue weighted by Gasteiger charge is -2.26. The van der Waals surface area contributed by atoms with Crippen LogP contribution in [0.4, 0.5) is 4.79 Å². The van der Waals surface area contributed by atoms with E-state index in [0.717, 1.165) is 18.5 Å². The number of carbonyl (C=O) groups excluding carboxylic acids is 1. The molecule has 2 amide bonds. The third-order valence-electron chi connectivity index (χ3n) is 6.32. The number of likely N-dealkylation sites (tertiary alicyclic amines) is 1. The molecule has 1 saturated heterocycles. The zero-order valence-corrected chi connectivity index (χ0v) is 20.8. The summed E-state index contributed by atoms with van der Waals surface area (Å²) in [4.78, 5) is 19.4. The highest BCUT2D eigenvalue weighted by molar-refractivity contribution is 5.74. The molecular weight excluding hydrogens is 448 g/mol. The van der Waals surface area contributed by atoms with Crippen LogP contribution in [0.5, 0.6) is 5.88 Å². The summed E-state index contributed by atoms with van der Waals surface area (Å²) < 4.78 is 5.79. The van der Waals surface area contributed by atoms with Crippen molar-refractivity contribution in [3.8, 4) is 5.88 Å². The maximum absolute atomic E-state index is 12.6. The van der Waals surface area contributed by atoms with Gasteiger partial charge in [0.1, 0.15) is 6.61 Å². The summed E-state index contributed by atoms with van der Waals surface area (Å²) in [5, 5.41) is 6.02. The third-order valence-corrected chi connectivity index (χ3v) is 6.32. The van der Waals surface area contributed by atoms with Gasteiger partial charge < -0.3 is 15.4 Å². The molecule has 36 heavy (non-hydrogen) atoms. The number of pyridine rings is 1. The van der Waals surface area contributed by atoms with Gasteiger partial charge in [0.25, 0.3) is 0 Å². The van der Waals surface area contributed by atoms with E-state index in [1.165, 1.54) is 43.5 Å². The maximum atomic E-state index is 12.6. The number of nitrogens with one attached hydrogen (secondary N) is 2. The molecule has 1 fully saturated rings. The molecule has 0 aliphatic carbocycles. The van der Waals surface area contributed by atoms with Gasteiger partial charge in [-0.1, -0.05) is 73.2 Å². The normalized spacial score (nSPS) is 14.9. The number of aromatic nitrogens is 1. The average Bonchev–Trinajstić information content (AvgIpc) is 2.92. The molecule has 0 spiro atoms. The van der Waals surface area contributed by atoms with Crippen molar-refractivity contribution in [1.82, 2.24) is 20.5 Å². The fraction of sp³-hybridized carbons (Fsp3) is 0.333. The van der Waals surface area contributed by atoms with Gasteiger partial charge in [-0.05, 0) is 61.2 Å². The molecule has 3 aromatic rings. The van der Waals surface area contributed by atoms with E-state index >= 15 is 0 Å². The molecule has 0 radical (unpaired) electrons. The van der Waals surface area contributed by atoms with Crippen molar-refractivity contribution >= 4 is 6.03 Å². The molecule has 0 saturated carbocycles. The molecule has 6 heteroatoms. The standard InChI is InChI=1S/C30H36N4O2/c35-30(33-28(27-14-6-2-7-15-27)22-25-12-4-1-5-13-25)32-17-8-11-21-36-29-23-26(16-18-31-29)24-34-19-9-3-10-20-34/h1-2,4-8,11-16,18,23,28H,3,9-10,17,19-22,24H2,(H2,32,33,35)/b11-8-. The Morgan fingerprint density at radius 3 is 2.47 bits per heavy atom. The number of rotatable bonds is 11. The molecule has 0 bridgehead atoms. The molecule has 1 aliphatic rings. The van der Waals surface area contributed by atoms with Crippen molar-refractivity contribution in [2.75, 3.05) is 26.2 Å². The molecule has 1 aromatic heterocycles. The maximum Gasteiger partial charge on any atom is 0.315 e. The van der Waals surface area contributed by atoms with E-state index in [4.69, 9.17) is 4.74 Å². The van der Waals surface area contributed by atoms with Crippen molar-refractivity contribution in [2.45, 2.75) is 38.3 Å². The Morgan fingerprint density at radius 1 is 0.944 bits per heavy atom. The second kappa shape index (κ2) is 14.0. The molecular formula is C30H36N4O2. The zero-order valence-electron chi connectivity index (χ0n) is 20.8. The highest BCUT2D eigenvalue weighted by Crippen LogP contribution is 2.18.